The molecule has 0 unspecified atom stereocenters. The lowest BCUT2D eigenvalue weighted by Crippen LogP contribution is -2.18. The van der Waals surface area contributed by atoms with Crippen molar-refractivity contribution < 1.29 is 22.6 Å². The van der Waals surface area contributed by atoms with Crippen LogP contribution in [0.2, 0.25) is 0 Å². The van der Waals surface area contributed by atoms with Gasteiger partial charge in [-0.1, -0.05) is 24.3 Å². The molecular formula is C17H16F3NO2. The minimum atomic E-state index is -4.34. The van der Waals surface area contributed by atoms with Crippen LogP contribution in [0.25, 0.3) is 0 Å². The summed E-state index contributed by atoms with van der Waals surface area (Å²) in [5.74, 6) is 1.37. The number of halogens is 3. The monoisotopic (exact) mass is 323 g/mol. The molecule has 1 aliphatic heterocycles. The lowest BCUT2D eigenvalue weighted by Gasteiger charge is -2.19. The lowest BCUT2D eigenvalue weighted by atomic mass is 10.1. The third kappa shape index (κ3) is 3.76. The molecule has 0 aliphatic carbocycles. The quantitative estimate of drug-likeness (QED) is 0.929. The van der Waals surface area contributed by atoms with Gasteiger partial charge in [-0.3, -0.25) is 0 Å². The Kier molecular flexibility index (Phi) is 4.43. The topological polar surface area (TPSA) is 30.5 Å². The number of hydrogen-bond acceptors (Lipinski definition) is 3. The summed E-state index contributed by atoms with van der Waals surface area (Å²) in [7, 11) is 0. The van der Waals surface area contributed by atoms with Gasteiger partial charge in [0.05, 0.1) is 5.56 Å². The van der Waals surface area contributed by atoms with Crippen molar-refractivity contribution in [3.8, 4) is 11.5 Å². The summed E-state index contributed by atoms with van der Waals surface area (Å²) in [6.07, 6.45) is -4.34. The molecule has 3 rings (SSSR count). The van der Waals surface area contributed by atoms with Gasteiger partial charge >= 0.3 is 6.18 Å². The molecule has 0 fully saturated rings. The van der Waals surface area contributed by atoms with Gasteiger partial charge in [-0.2, -0.15) is 13.2 Å². The summed E-state index contributed by atoms with van der Waals surface area (Å²) in [4.78, 5) is 0. The number of alkyl halides is 3. The Morgan fingerprint density at radius 2 is 1.65 bits per heavy atom. The third-order valence-corrected chi connectivity index (χ3v) is 3.57. The van der Waals surface area contributed by atoms with Gasteiger partial charge in [-0.05, 0) is 29.3 Å². The van der Waals surface area contributed by atoms with E-state index in [1.807, 2.05) is 18.2 Å². The van der Waals surface area contributed by atoms with E-state index in [2.05, 4.69) is 5.32 Å². The van der Waals surface area contributed by atoms with Gasteiger partial charge < -0.3 is 14.8 Å². The van der Waals surface area contributed by atoms with Crippen LogP contribution in [0.5, 0.6) is 11.5 Å². The van der Waals surface area contributed by atoms with Crippen molar-refractivity contribution >= 4 is 0 Å². The zero-order valence-electron chi connectivity index (χ0n) is 12.3. The van der Waals surface area contributed by atoms with Crippen molar-refractivity contribution in [3.63, 3.8) is 0 Å². The number of benzene rings is 2. The SMILES string of the molecule is FC(F)(F)c1ccccc1CNCc1ccc2c(c1)OCCO2. The number of fused-ring (bicyclic) bond motifs is 1. The Morgan fingerprint density at radius 3 is 2.43 bits per heavy atom. The maximum atomic E-state index is 12.9. The number of hydrogen-bond donors (Lipinski definition) is 1. The van der Waals surface area contributed by atoms with Crippen LogP contribution in [0.1, 0.15) is 16.7 Å². The maximum absolute atomic E-state index is 12.9. The highest BCUT2D eigenvalue weighted by Crippen LogP contribution is 2.32. The minimum absolute atomic E-state index is 0.143. The standard InChI is InChI=1S/C17H16F3NO2/c18-17(19,20)14-4-2-1-3-13(14)11-21-10-12-5-6-15-16(9-12)23-8-7-22-15/h1-6,9,21H,7-8,10-11H2. The van der Waals surface area contributed by atoms with Crippen molar-refractivity contribution in [2.45, 2.75) is 19.3 Å². The summed E-state index contributed by atoms with van der Waals surface area (Å²) in [5, 5.41) is 3.04. The van der Waals surface area contributed by atoms with Crippen molar-refractivity contribution in [1.82, 2.24) is 5.32 Å². The maximum Gasteiger partial charge on any atom is 0.416 e. The molecule has 2 aromatic carbocycles. The van der Waals surface area contributed by atoms with E-state index in [9.17, 15) is 13.2 Å². The molecule has 0 saturated carbocycles. The highest BCUT2D eigenvalue weighted by atomic mass is 19.4. The average molecular weight is 323 g/mol. The Hall–Kier alpha value is -2.21. The van der Waals surface area contributed by atoms with E-state index in [0.717, 1.165) is 11.6 Å². The molecule has 1 heterocycles. The number of ether oxygens (including phenoxy) is 2. The van der Waals surface area contributed by atoms with E-state index in [1.54, 1.807) is 6.07 Å². The number of rotatable bonds is 4. The first-order valence-electron chi connectivity index (χ1n) is 7.28. The molecule has 3 nitrogen and oxygen atoms in total. The molecule has 0 aromatic heterocycles. The van der Waals surface area contributed by atoms with Gasteiger partial charge in [0.1, 0.15) is 13.2 Å². The van der Waals surface area contributed by atoms with Gasteiger partial charge in [-0.15, -0.1) is 0 Å². The molecule has 1 aliphatic rings. The normalized spacial score (nSPS) is 13.9. The Balaban J connectivity index is 1.64. The first kappa shape index (κ1) is 15.7. The summed E-state index contributed by atoms with van der Waals surface area (Å²) in [5.41, 5.74) is 0.561. The molecule has 6 heteroatoms. The van der Waals surface area contributed by atoms with Crippen LogP contribution < -0.4 is 14.8 Å². The smallest absolute Gasteiger partial charge is 0.416 e. The summed E-state index contributed by atoms with van der Waals surface area (Å²) in [6.45, 7) is 1.62. The fraction of sp³-hybridized carbons (Fsp3) is 0.294. The Bertz CT molecular complexity index is 686. The predicted molar refractivity (Wildman–Crippen MR) is 79.4 cm³/mol. The van der Waals surface area contributed by atoms with E-state index >= 15 is 0 Å². The first-order chi connectivity index (χ1) is 11.0. The molecule has 0 amide bonds. The van der Waals surface area contributed by atoms with Crippen LogP contribution >= 0.6 is 0 Å². The number of nitrogens with one attached hydrogen (secondary N) is 1. The molecule has 2 aromatic rings. The highest BCUT2D eigenvalue weighted by Gasteiger charge is 2.32. The van der Waals surface area contributed by atoms with Crippen molar-refractivity contribution in [2.75, 3.05) is 13.2 Å². The fourth-order valence-corrected chi connectivity index (χ4v) is 2.49. The van der Waals surface area contributed by atoms with Crippen LogP contribution in [0.3, 0.4) is 0 Å². The second-order valence-corrected chi connectivity index (χ2v) is 5.24. The van der Waals surface area contributed by atoms with Crippen molar-refractivity contribution in [1.29, 1.82) is 0 Å². The molecule has 122 valence electrons. The predicted octanol–water partition coefficient (Wildman–Crippen LogP) is 3.77. The van der Waals surface area contributed by atoms with Crippen LogP contribution in [0.4, 0.5) is 13.2 Å². The molecule has 0 saturated heterocycles. The van der Waals surface area contributed by atoms with Gasteiger partial charge in [0.15, 0.2) is 11.5 Å². The Labute approximate surface area is 132 Å². The Morgan fingerprint density at radius 1 is 0.913 bits per heavy atom. The largest absolute Gasteiger partial charge is 0.486 e. The van der Waals surface area contributed by atoms with Crippen LogP contribution in [0, 0.1) is 0 Å². The van der Waals surface area contributed by atoms with Crippen molar-refractivity contribution in [2.24, 2.45) is 0 Å². The summed E-state index contributed by atoms with van der Waals surface area (Å²) in [6, 6.07) is 11.1. The van der Waals surface area contributed by atoms with Gasteiger partial charge in [-0.25, -0.2) is 0 Å². The molecule has 23 heavy (non-hydrogen) atoms. The van der Waals surface area contributed by atoms with E-state index < -0.39 is 11.7 Å². The fourth-order valence-electron chi connectivity index (χ4n) is 2.49. The summed E-state index contributed by atoms with van der Waals surface area (Å²) < 4.78 is 49.7. The molecular weight excluding hydrogens is 307 g/mol. The van der Waals surface area contributed by atoms with Crippen LogP contribution in [0.15, 0.2) is 42.5 Å². The third-order valence-electron chi connectivity index (χ3n) is 3.57. The van der Waals surface area contributed by atoms with Gasteiger partial charge in [0.2, 0.25) is 0 Å². The van der Waals surface area contributed by atoms with Crippen molar-refractivity contribution in [3.05, 3.63) is 59.2 Å². The minimum Gasteiger partial charge on any atom is -0.486 e. The first-order valence-corrected chi connectivity index (χ1v) is 7.28. The zero-order chi connectivity index (χ0) is 16.3. The molecule has 0 spiro atoms. The van der Waals surface area contributed by atoms with E-state index in [1.165, 1.54) is 12.1 Å². The van der Waals surface area contributed by atoms with Gasteiger partial charge in [0.25, 0.3) is 0 Å². The average Bonchev–Trinajstić information content (AvgIpc) is 2.54. The van der Waals surface area contributed by atoms with Crippen LogP contribution in [-0.2, 0) is 19.3 Å². The van der Waals surface area contributed by atoms with Crippen LogP contribution in [-0.4, -0.2) is 13.2 Å². The second kappa shape index (κ2) is 6.50. The van der Waals surface area contributed by atoms with E-state index in [4.69, 9.17) is 9.47 Å². The lowest BCUT2D eigenvalue weighted by molar-refractivity contribution is -0.138. The second-order valence-electron chi connectivity index (χ2n) is 5.24. The van der Waals surface area contributed by atoms with E-state index in [0.29, 0.717) is 31.3 Å². The zero-order valence-corrected chi connectivity index (χ0v) is 12.3. The van der Waals surface area contributed by atoms with E-state index in [-0.39, 0.29) is 12.1 Å². The molecule has 0 bridgehead atoms. The highest BCUT2D eigenvalue weighted by molar-refractivity contribution is 5.43. The molecule has 0 atom stereocenters. The molecule has 0 radical (unpaired) electrons. The molecule has 1 N–H and O–H groups in total. The summed E-state index contributed by atoms with van der Waals surface area (Å²) >= 11 is 0. The van der Waals surface area contributed by atoms with Gasteiger partial charge in [0, 0.05) is 13.1 Å².